The van der Waals surface area contributed by atoms with E-state index >= 15 is 0 Å². The van der Waals surface area contributed by atoms with E-state index in [-0.39, 0.29) is 11.9 Å². The first-order valence-electron chi connectivity index (χ1n) is 6.97. The molecule has 110 valence electrons. The summed E-state index contributed by atoms with van der Waals surface area (Å²) in [7, 11) is 3.74. The van der Waals surface area contributed by atoms with Crippen LogP contribution in [-0.2, 0) is 4.79 Å². The van der Waals surface area contributed by atoms with Crippen LogP contribution in [0.1, 0.15) is 6.92 Å². The van der Waals surface area contributed by atoms with Crippen LogP contribution >= 0.6 is 0 Å². The van der Waals surface area contributed by atoms with E-state index in [2.05, 4.69) is 22.2 Å². The Morgan fingerprint density at radius 1 is 1.20 bits per heavy atom. The van der Waals surface area contributed by atoms with Crippen molar-refractivity contribution in [2.24, 2.45) is 0 Å². The van der Waals surface area contributed by atoms with E-state index in [9.17, 15) is 4.79 Å². The molecule has 5 nitrogen and oxygen atoms in total. The minimum Gasteiger partial charge on any atom is -0.497 e. The lowest BCUT2D eigenvalue weighted by Crippen LogP contribution is -2.51. The summed E-state index contributed by atoms with van der Waals surface area (Å²) < 4.78 is 5.10. The van der Waals surface area contributed by atoms with Gasteiger partial charge in [-0.2, -0.15) is 0 Å². The van der Waals surface area contributed by atoms with Crippen molar-refractivity contribution in [1.82, 2.24) is 9.80 Å². The number of nitrogens with zero attached hydrogens (tertiary/aromatic N) is 2. The summed E-state index contributed by atoms with van der Waals surface area (Å²) in [5.41, 5.74) is 0.803. The van der Waals surface area contributed by atoms with Gasteiger partial charge in [0.1, 0.15) is 5.75 Å². The highest BCUT2D eigenvalue weighted by atomic mass is 16.5. The average Bonchev–Trinajstić information content (AvgIpc) is 2.48. The molecule has 0 radical (unpaired) electrons. The average molecular weight is 277 g/mol. The van der Waals surface area contributed by atoms with Crippen LogP contribution in [0.5, 0.6) is 5.75 Å². The molecule has 0 aliphatic carbocycles. The number of carbonyl (C=O) groups is 1. The number of likely N-dealkylation sites (N-methyl/N-ethyl adjacent to an activating group) is 1. The number of hydrogen-bond acceptors (Lipinski definition) is 4. The van der Waals surface area contributed by atoms with Gasteiger partial charge in [0.25, 0.3) is 0 Å². The van der Waals surface area contributed by atoms with Gasteiger partial charge in [-0.25, -0.2) is 0 Å². The highest BCUT2D eigenvalue weighted by Gasteiger charge is 2.24. The quantitative estimate of drug-likeness (QED) is 0.900. The Bertz CT molecular complexity index is 439. The molecule has 0 spiro atoms. The maximum atomic E-state index is 12.3. The molecule has 1 N–H and O–H groups in total. The molecule has 1 heterocycles. The lowest BCUT2D eigenvalue weighted by Gasteiger charge is -2.35. The molecule has 0 aromatic heterocycles. The lowest BCUT2D eigenvalue weighted by molar-refractivity contribution is -0.121. The smallest absolute Gasteiger partial charge is 0.241 e. The highest BCUT2D eigenvalue weighted by molar-refractivity contribution is 5.94. The number of nitrogens with one attached hydrogen (secondary N) is 1. The summed E-state index contributed by atoms with van der Waals surface area (Å²) in [5.74, 6) is 0.829. The number of benzene rings is 1. The van der Waals surface area contributed by atoms with Crippen molar-refractivity contribution in [3.8, 4) is 5.75 Å². The van der Waals surface area contributed by atoms with Crippen LogP contribution in [0.4, 0.5) is 5.69 Å². The predicted molar refractivity (Wildman–Crippen MR) is 80.2 cm³/mol. The molecule has 1 aliphatic heterocycles. The molecular formula is C15H23N3O2. The van der Waals surface area contributed by atoms with Gasteiger partial charge in [0.15, 0.2) is 0 Å². The number of ether oxygens (including phenoxy) is 1. The summed E-state index contributed by atoms with van der Waals surface area (Å²) in [6.07, 6.45) is 0. The second-order valence-electron chi connectivity index (χ2n) is 5.23. The fourth-order valence-electron chi connectivity index (χ4n) is 2.30. The van der Waals surface area contributed by atoms with E-state index < -0.39 is 0 Å². The van der Waals surface area contributed by atoms with Gasteiger partial charge in [0.05, 0.1) is 13.2 Å². The summed E-state index contributed by atoms with van der Waals surface area (Å²) in [5, 5.41) is 2.95. The van der Waals surface area contributed by atoms with E-state index in [4.69, 9.17) is 4.74 Å². The molecule has 0 saturated carbocycles. The molecule has 1 amide bonds. The van der Waals surface area contributed by atoms with Gasteiger partial charge in [-0.15, -0.1) is 0 Å². The van der Waals surface area contributed by atoms with Crippen molar-refractivity contribution in [2.75, 3.05) is 45.7 Å². The number of piperazine rings is 1. The molecule has 1 aliphatic rings. The Hall–Kier alpha value is -1.59. The maximum absolute atomic E-state index is 12.3. The monoisotopic (exact) mass is 277 g/mol. The van der Waals surface area contributed by atoms with E-state index in [0.717, 1.165) is 37.6 Å². The Balaban J connectivity index is 1.89. The fourth-order valence-corrected chi connectivity index (χ4v) is 2.30. The van der Waals surface area contributed by atoms with Gasteiger partial charge in [0.2, 0.25) is 5.91 Å². The molecule has 0 unspecified atom stereocenters. The Morgan fingerprint density at radius 3 is 2.35 bits per heavy atom. The first kappa shape index (κ1) is 14.8. The van der Waals surface area contributed by atoms with Crippen LogP contribution in [0.25, 0.3) is 0 Å². The molecule has 0 bridgehead atoms. The van der Waals surface area contributed by atoms with Gasteiger partial charge < -0.3 is 15.0 Å². The van der Waals surface area contributed by atoms with E-state index in [0.29, 0.717) is 0 Å². The highest BCUT2D eigenvalue weighted by Crippen LogP contribution is 2.16. The summed E-state index contributed by atoms with van der Waals surface area (Å²) in [4.78, 5) is 16.8. The Labute approximate surface area is 120 Å². The summed E-state index contributed by atoms with van der Waals surface area (Å²) in [6.45, 7) is 5.87. The standard InChI is InChI=1S/C15H23N3O2/c1-12(18-10-8-17(2)9-11-18)15(19)16-13-4-6-14(20-3)7-5-13/h4-7,12H,8-11H2,1-3H3,(H,16,19)/t12-/m0/s1. The van der Waals surface area contributed by atoms with Crippen LogP contribution in [-0.4, -0.2) is 62.1 Å². The second-order valence-corrected chi connectivity index (χ2v) is 5.23. The fraction of sp³-hybridized carbons (Fsp3) is 0.533. The molecule has 20 heavy (non-hydrogen) atoms. The van der Waals surface area contributed by atoms with E-state index in [1.54, 1.807) is 7.11 Å². The first-order chi connectivity index (χ1) is 9.60. The molecule has 1 aromatic rings. The number of hydrogen-bond donors (Lipinski definition) is 1. The van der Waals surface area contributed by atoms with Crippen LogP contribution in [0.15, 0.2) is 24.3 Å². The zero-order valence-electron chi connectivity index (χ0n) is 12.4. The third kappa shape index (κ3) is 3.71. The molecule has 5 heteroatoms. The molecular weight excluding hydrogens is 254 g/mol. The summed E-state index contributed by atoms with van der Waals surface area (Å²) in [6, 6.07) is 7.29. The van der Waals surface area contributed by atoms with Crippen molar-refractivity contribution in [3.05, 3.63) is 24.3 Å². The maximum Gasteiger partial charge on any atom is 0.241 e. The predicted octanol–water partition coefficient (Wildman–Crippen LogP) is 1.27. The van der Waals surface area contributed by atoms with Gasteiger partial charge in [0, 0.05) is 31.9 Å². The number of rotatable bonds is 4. The first-order valence-corrected chi connectivity index (χ1v) is 6.97. The van der Waals surface area contributed by atoms with Gasteiger partial charge in [-0.3, -0.25) is 9.69 Å². The van der Waals surface area contributed by atoms with Gasteiger partial charge >= 0.3 is 0 Å². The molecule has 2 rings (SSSR count). The van der Waals surface area contributed by atoms with Crippen LogP contribution in [0, 0.1) is 0 Å². The molecule has 1 fully saturated rings. The van der Waals surface area contributed by atoms with Crippen LogP contribution in [0.3, 0.4) is 0 Å². The SMILES string of the molecule is COc1ccc(NC(=O)[C@H](C)N2CCN(C)CC2)cc1. The number of carbonyl (C=O) groups excluding carboxylic acids is 1. The van der Waals surface area contributed by atoms with E-state index in [1.807, 2.05) is 31.2 Å². The van der Waals surface area contributed by atoms with Crippen molar-refractivity contribution in [2.45, 2.75) is 13.0 Å². The summed E-state index contributed by atoms with van der Waals surface area (Å²) >= 11 is 0. The van der Waals surface area contributed by atoms with Crippen molar-refractivity contribution in [3.63, 3.8) is 0 Å². The number of anilines is 1. The van der Waals surface area contributed by atoms with Gasteiger partial charge in [-0.05, 0) is 38.2 Å². The minimum absolute atomic E-state index is 0.0414. The van der Waals surface area contributed by atoms with Gasteiger partial charge in [-0.1, -0.05) is 0 Å². The number of amides is 1. The third-order valence-corrected chi connectivity index (χ3v) is 3.82. The molecule has 1 saturated heterocycles. The van der Waals surface area contributed by atoms with Crippen molar-refractivity contribution in [1.29, 1.82) is 0 Å². The van der Waals surface area contributed by atoms with Crippen LogP contribution < -0.4 is 10.1 Å². The van der Waals surface area contributed by atoms with E-state index in [1.165, 1.54) is 0 Å². The topological polar surface area (TPSA) is 44.8 Å². The second kappa shape index (κ2) is 6.72. The largest absolute Gasteiger partial charge is 0.497 e. The van der Waals surface area contributed by atoms with Crippen molar-refractivity contribution >= 4 is 11.6 Å². The molecule has 1 atom stereocenters. The Kier molecular flexibility index (Phi) is 4.98. The normalized spacial score (nSPS) is 18.6. The zero-order valence-corrected chi connectivity index (χ0v) is 12.4. The van der Waals surface area contributed by atoms with Crippen LogP contribution in [0.2, 0.25) is 0 Å². The van der Waals surface area contributed by atoms with Crippen molar-refractivity contribution < 1.29 is 9.53 Å². The minimum atomic E-state index is -0.106. The molecule has 1 aromatic carbocycles. The zero-order chi connectivity index (χ0) is 14.5. The lowest BCUT2D eigenvalue weighted by atomic mass is 10.2. The third-order valence-electron chi connectivity index (χ3n) is 3.82. The number of methoxy groups -OCH3 is 1. The Morgan fingerprint density at radius 2 is 1.80 bits per heavy atom.